The van der Waals surface area contributed by atoms with Crippen molar-refractivity contribution in [3.05, 3.63) is 34.9 Å². The number of rotatable bonds is 3. The smallest absolute Gasteiger partial charge is 0.227 e. The SMILES string of the molecule is CC1(C)[C@@]2(C(=O)NCc3ccccc3Cl)CC[C@@]1(C)C(=O)C2. The van der Waals surface area contributed by atoms with E-state index in [-0.39, 0.29) is 22.5 Å². The summed E-state index contributed by atoms with van der Waals surface area (Å²) in [5.74, 6) is 0.226. The summed E-state index contributed by atoms with van der Waals surface area (Å²) < 4.78 is 0. The van der Waals surface area contributed by atoms with Gasteiger partial charge in [-0.2, -0.15) is 0 Å². The number of carbonyl (C=O) groups is 2. The first-order chi connectivity index (χ1) is 10.2. The summed E-state index contributed by atoms with van der Waals surface area (Å²) in [6, 6.07) is 7.50. The van der Waals surface area contributed by atoms with E-state index in [2.05, 4.69) is 19.2 Å². The molecule has 0 heterocycles. The molecule has 0 unspecified atom stereocenters. The fraction of sp³-hybridized carbons (Fsp3) is 0.556. The Bertz CT molecular complexity index is 654. The van der Waals surface area contributed by atoms with E-state index in [9.17, 15) is 9.59 Å². The maximum atomic E-state index is 12.9. The zero-order chi connectivity index (χ0) is 16.2. The molecule has 2 aliphatic rings. The van der Waals surface area contributed by atoms with Gasteiger partial charge in [0, 0.05) is 23.4 Å². The molecule has 0 aliphatic heterocycles. The van der Waals surface area contributed by atoms with Crippen LogP contribution in [-0.4, -0.2) is 11.7 Å². The highest BCUT2D eigenvalue weighted by Crippen LogP contribution is 2.70. The number of fused-ring (bicyclic) bond motifs is 2. The number of Topliss-reactive ketones (excluding diaryl/α,β-unsaturated/α-hetero) is 1. The fourth-order valence-corrected chi connectivity index (χ4v) is 4.55. The van der Waals surface area contributed by atoms with Crippen LogP contribution < -0.4 is 5.32 Å². The predicted octanol–water partition coefficient (Wildman–Crippen LogP) is 3.74. The number of carbonyl (C=O) groups excluding carboxylic acids is 2. The third kappa shape index (κ3) is 1.81. The van der Waals surface area contributed by atoms with E-state index in [1.807, 2.05) is 31.2 Å². The topological polar surface area (TPSA) is 46.2 Å². The van der Waals surface area contributed by atoms with Crippen LogP contribution in [0.3, 0.4) is 0 Å². The van der Waals surface area contributed by atoms with Crippen LogP contribution in [0.15, 0.2) is 24.3 Å². The molecule has 3 nitrogen and oxygen atoms in total. The first kappa shape index (κ1) is 15.5. The van der Waals surface area contributed by atoms with Gasteiger partial charge in [0.05, 0.1) is 5.41 Å². The van der Waals surface area contributed by atoms with E-state index in [1.165, 1.54) is 0 Å². The average Bonchev–Trinajstić information content (AvgIpc) is 2.76. The van der Waals surface area contributed by atoms with Crippen LogP contribution in [0.5, 0.6) is 0 Å². The lowest BCUT2D eigenvalue weighted by Gasteiger charge is -2.38. The first-order valence-corrected chi connectivity index (χ1v) is 8.17. The van der Waals surface area contributed by atoms with Gasteiger partial charge in [0.2, 0.25) is 5.91 Å². The number of halogens is 1. The number of hydrogen-bond acceptors (Lipinski definition) is 2. The standard InChI is InChI=1S/C18H22ClNO2/c1-16(2)17(3)8-9-18(16,10-14(17)21)15(22)20-11-12-6-4-5-7-13(12)19/h4-7H,8-11H2,1-3H3,(H,20,22)/t17-,18-/m0/s1. The molecule has 2 fully saturated rings. The summed E-state index contributed by atoms with van der Waals surface area (Å²) in [7, 11) is 0. The van der Waals surface area contributed by atoms with Crippen molar-refractivity contribution < 1.29 is 9.59 Å². The van der Waals surface area contributed by atoms with Crippen LogP contribution in [0.2, 0.25) is 5.02 Å². The van der Waals surface area contributed by atoms with Crippen molar-refractivity contribution in [3.8, 4) is 0 Å². The van der Waals surface area contributed by atoms with Crippen molar-refractivity contribution in [1.29, 1.82) is 0 Å². The second kappa shape index (κ2) is 4.82. The second-order valence-electron chi connectivity index (χ2n) is 7.41. The van der Waals surface area contributed by atoms with Crippen molar-refractivity contribution >= 4 is 23.3 Å². The van der Waals surface area contributed by atoms with Crippen molar-refractivity contribution in [1.82, 2.24) is 5.32 Å². The zero-order valence-electron chi connectivity index (χ0n) is 13.3. The summed E-state index contributed by atoms with van der Waals surface area (Å²) in [5.41, 5.74) is -0.340. The van der Waals surface area contributed by atoms with Gasteiger partial charge < -0.3 is 5.32 Å². The van der Waals surface area contributed by atoms with Gasteiger partial charge in [-0.15, -0.1) is 0 Å². The molecule has 22 heavy (non-hydrogen) atoms. The fourth-order valence-electron chi connectivity index (χ4n) is 4.35. The molecule has 2 atom stereocenters. The summed E-state index contributed by atoms with van der Waals surface area (Å²) in [6.45, 7) is 6.56. The number of amides is 1. The van der Waals surface area contributed by atoms with Gasteiger partial charge in [0.25, 0.3) is 0 Å². The summed E-state index contributed by atoms with van der Waals surface area (Å²) in [6.07, 6.45) is 1.96. The lowest BCUT2D eigenvalue weighted by Crippen LogP contribution is -2.46. The largest absolute Gasteiger partial charge is 0.351 e. The maximum absolute atomic E-state index is 12.9. The van der Waals surface area contributed by atoms with Crippen molar-refractivity contribution in [2.45, 2.75) is 46.6 Å². The van der Waals surface area contributed by atoms with E-state index < -0.39 is 5.41 Å². The lowest BCUT2D eigenvalue weighted by atomic mass is 9.64. The molecule has 1 amide bonds. The number of hydrogen-bond donors (Lipinski definition) is 1. The quantitative estimate of drug-likeness (QED) is 0.922. The van der Waals surface area contributed by atoms with Crippen LogP contribution in [0.25, 0.3) is 0 Å². The molecule has 0 saturated heterocycles. The number of benzene rings is 1. The van der Waals surface area contributed by atoms with E-state index >= 15 is 0 Å². The molecule has 0 aromatic heterocycles. The predicted molar refractivity (Wildman–Crippen MR) is 86.5 cm³/mol. The van der Waals surface area contributed by atoms with E-state index in [0.29, 0.717) is 18.0 Å². The summed E-state index contributed by atoms with van der Waals surface area (Å²) >= 11 is 6.14. The molecule has 4 heteroatoms. The van der Waals surface area contributed by atoms with Gasteiger partial charge in [0.1, 0.15) is 5.78 Å². The van der Waals surface area contributed by atoms with Gasteiger partial charge in [-0.05, 0) is 29.9 Å². The second-order valence-corrected chi connectivity index (χ2v) is 7.82. The third-order valence-corrected chi connectivity index (χ3v) is 6.91. The zero-order valence-corrected chi connectivity index (χ0v) is 14.1. The van der Waals surface area contributed by atoms with Gasteiger partial charge in [-0.25, -0.2) is 0 Å². The van der Waals surface area contributed by atoms with E-state index in [4.69, 9.17) is 11.6 Å². The summed E-state index contributed by atoms with van der Waals surface area (Å²) in [4.78, 5) is 25.3. The maximum Gasteiger partial charge on any atom is 0.227 e. The Labute approximate surface area is 136 Å². The molecule has 0 spiro atoms. The molecule has 1 aromatic carbocycles. The van der Waals surface area contributed by atoms with Gasteiger partial charge in [0.15, 0.2) is 0 Å². The van der Waals surface area contributed by atoms with Crippen molar-refractivity contribution in [2.75, 3.05) is 0 Å². The monoisotopic (exact) mass is 319 g/mol. The van der Waals surface area contributed by atoms with Crippen LogP contribution >= 0.6 is 11.6 Å². The highest BCUT2D eigenvalue weighted by molar-refractivity contribution is 6.31. The highest BCUT2D eigenvalue weighted by Gasteiger charge is 2.72. The normalized spacial score (nSPS) is 32.3. The minimum atomic E-state index is -0.569. The van der Waals surface area contributed by atoms with Gasteiger partial charge in [-0.1, -0.05) is 50.6 Å². The molecular formula is C18H22ClNO2. The Morgan fingerprint density at radius 3 is 2.45 bits per heavy atom. The van der Waals surface area contributed by atoms with Crippen LogP contribution in [0, 0.1) is 16.2 Å². The Balaban J connectivity index is 1.81. The number of nitrogens with one attached hydrogen (secondary N) is 1. The van der Waals surface area contributed by atoms with Crippen LogP contribution in [0.4, 0.5) is 0 Å². The first-order valence-electron chi connectivity index (χ1n) is 7.80. The Morgan fingerprint density at radius 1 is 1.23 bits per heavy atom. The lowest BCUT2D eigenvalue weighted by molar-refractivity contribution is -0.136. The Morgan fingerprint density at radius 2 is 1.91 bits per heavy atom. The molecular weight excluding hydrogens is 298 g/mol. The summed E-state index contributed by atoms with van der Waals surface area (Å²) in [5, 5.41) is 3.67. The molecule has 2 aliphatic carbocycles. The van der Waals surface area contributed by atoms with Gasteiger partial charge >= 0.3 is 0 Å². The van der Waals surface area contributed by atoms with Crippen molar-refractivity contribution in [2.24, 2.45) is 16.2 Å². The van der Waals surface area contributed by atoms with E-state index in [1.54, 1.807) is 0 Å². The highest BCUT2D eigenvalue weighted by atomic mass is 35.5. The van der Waals surface area contributed by atoms with Gasteiger partial charge in [-0.3, -0.25) is 9.59 Å². The minimum absolute atomic E-state index is 0.00741. The molecule has 118 valence electrons. The Hall–Kier alpha value is -1.35. The molecule has 3 rings (SSSR count). The van der Waals surface area contributed by atoms with E-state index in [0.717, 1.165) is 18.4 Å². The minimum Gasteiger partial charge on any atom is -0.351 e. The molecule has 0 radical (unpaired) electrons. The van der Waals surface area contributed by atoms with Crippen LogP contribution in [-0.2, 0) is 16.1 Å². The molecule has 2 saturated carbocycles. The average molecular weight is 320 g/mol. The van der Waals surface area contributed by atoms with Crippen molar-refractivity contribution in [3.63, 3.8) is 0 Å². The third-order valence-electron chi connectivity index (χ3n) is 6.54. The van der Waals surface area contributed by atoms with Crippen LogP contribution in [0.1, 0.15) is 45.6 Å². The molecule has 1 N–H and O–H groups in total. The Kier molecular flexibility index (Phi) is 3.41. The number of ketones is 1. The molecule has 1 aromatic rings. The molecule has 2 bridgehead atoms.